The number of hydrogen-bond acceptors (Lipinski definition) is 7. The van der Waals surface area contributed by atoms with E-state index in [1.54, 1.807) is 0 Å². The van der Waals surface area contributed by atoms with Crippen LogP contribution >= 0.6 is 23.2 Å². The van der Waals surface area contributed by atoms with Gasteiger partial charge in [0.2, 0.25) is 0 Å². The van der Waals surface area contributed by atoms with Crippen molar-refractivity contribution in [2.24, 2.45) is 0 Å². The summed E-state index contributed by atoms with van der Waals surface area (Å²) in [7, 11) is 1.19. The van der Waals surface area contributed by atoms with Crippen LogP contribution in [0.25, 0.3) is 22.3 Å². The summed E-state index contributed by atoms with van der Waals surface area (Å²) in [6.45, 7) is -0.280. The third kappa shape index (κ3) is 7.64. The van der Waals surface area contributed by atoms with E-state index in [0.717, 1.165) is 24.5 Å². The molecule has 0 unspecified atom stereocenters. The third-order valence-electron chi connectivity index (χ3n) is 5.05. The zero-order valence-corrected chi connectivity index (χ0v) is 21.6. The topological polar surface area (TPSA) is 98.1 Å². The van der Waals surface area contributed by atoms with Gasteiger partial charge in [0, 0.05) is 47.0 Å². The molecule has 0 atom stereocenters. The maximum atomic E-state index is 12.5. The number of esters is 1. The molecule has 0 saturated heterocycles. The minimum Gasteiger partial charge on any atom is -0.464 e. The molecule has 0 aliphatic heterocycles. The lowest BCUT2D eigenvalue weighted by molar-refractivity contribution is -0.141. The van der Waals surface area contributed by atoms with Crippen LogP contribution in [0.4, 0.5) is 26.3 Å². The number of carbonyl (C=O) groups excluding carboxylic acids is 1. The second-order valence-electron chi connectivity index (χ2n) is 7.71. The Morgan fingerprint density at radius 1 is 0.775 bits per heavy atom. The van der Waals surface area contributed by atoms with E-state index in [2.05, 4.69) is 24.7 Å². The van der Waals surface area contributed by atoms with Crippen molar-refractivity contribution in [3.63, 3.8) is 0 Å². The molecule has 0 fully saturated rings. The monoisotopic (exact) mass is 604 g/mol. The van der Waals surface area contributed by atoms with Crippen LogP contribution in [0, 0.1) is 0 Å². The number of methoxy groups -OCH3 is 1. The average Bonchev–Trinajstić information content (AvgIpc) is 2.93. The van der Waals surface area contributed by atoms with Crippen molar-refractivity contribution in [2.75, 3.05) is 7.11 Å². The van der Waals surface area contributed by atoms with E-state index < -0.39 is 29.7 Å². The fourth-order valence-corrected chi connectivity index (χ4v) is 3.53. The first-order chi connectivity index (χ1) is 18.7. The van der Waals surface area contributed by atoms with Gasteiger partial charge in [0.1, 0.15) is 17.1 Å². The second kappa shape index (κ2) is 12.6. The fourth-order valence-electron chi connectivity index (χ4n) is 3.11. The number of nitrogens with zero attached hydrogens (tertiary/aromatic N) is 4. The maximum Gasteiger partial charge on any atom is 0.433 e. The van der Waals surface area contributed by atoms with Crippen LogP contribution in [0.5, 0.6) is 0 Å². The molecule has 0 radical (unpaired) electrons. The number of ether oxygens (including phenoxy) is 1. The standard InChI is InChI=1S/C13H8ClF3N2O2.C12H8ClF3N2O/c1-21-12(20)10-4-8(9(14)6-18-10)7-2-3-11(19-5-7)13(15,16)17;13-10-5-17-8(6-19)3-9(10)7-1-2-11(18-4-7)12(14,15)16/h2-6H,1H3;1-5,19H,6H2. The number of hydrogen-bond donors (Lipinski definition) is 1. The van der Waals surface area contributed by atoms with Crippen LogP contribution in [0.3, 0.4) is 0 Å². The van der Waals surface area contributed by atoms with Gasteiger partial charge in [-0.15, -0.1) is 0 Å². The zero-order chi connectivity index (χ0) is 29.7. The summed E-state index contributed by atoms with van der Waals surface area (Å²) in [4.78, 5) is 25.7. The predicted octanol–water partition coefficient (Wildman–Crippen LogP) is 6.91. The highest BCUT2D eigenvalue weighted by molar-refractivity contribution is 6.33. The van der Waals surface area contributed by atoms with E-state index in [4.69, 9.17) is 28.3 Å². The number of rotatable bonds is 4. The molecular formula is C25H16Cl2F6N4O3. The van der Waals surface area contributed by atoms with Crippen molar-refractivity contribution in [1.82, 2.24) is 19.9 Å². The SMILES string of the molecule is COC(=O)c1cc(-c2ccc(C(F)(F)F)nc2)c(Cl)cn1.OCc1cc(-c2ccc(C(F)(F)F)nc2)c(Cl)cn1. The normalized spacial score (nSPS) is 11.4. The molecule has 0 aromatic carbocycles. The molecule has 0 amide bonds. The van der Waals surface area contributed by atoms with Gasteiger partial charge in [-0.05, 0) is 24.3 Å². The van der Waals surface area contributed by atoms with Crippen molar-refractivity contribution in [3.8, 4) is 22.3 Å². The number of halogens is 8. The predicted molar refractivity (Wildman–Crippen MR) is 132 cm³/mol. The molecule has 4 rings (SSSR count). The van der Waals surface area contributed by atoms with E-state index in [9.17, 15) is 31.1 Å². The molecule has 4 aromatic rings. The molecule has 15 heteroatoms. The van der Waals surface area contributed by atoms with Gasteiger partial charge in [-0.25, -0.2) is 9.78 Å². The molecule has 0 bridgehead atoms. The van der Waals surface area contributed by atoms with Crippen LogP contribution in [-0.4, -0.2) is 38.1 Å². The summed E-state index contributed by atoms with van der Waals surface area (Å²) in [5, 5.41) is 9.44. The number of aliphatic hydroxyl groups excluding tert-OH is 1. The van der Waals surface area contributed by atoms with E-state index in [1.807, 2.05) is 0 Å². The van der Waals surface area contributed by atoms with Gasteiger partial charge in [-0.2, -0.15) is 26.3 Å². The van der Waals surface area contributed by atoms with Crippen LogP contribution in [0.15, 0.2) is 61.2 Å². The lowest BCUT2D eigenvalue weighted by atomic mass is 10.1. The first-order valence-electron chi connectivity index (χ1n) is 10.8. The number of aromatic nitrogens is 4. The van der Waals surface area contributed by atoms with Gasteiger partial charge in [0.15, 0.2) is 0 Å². The van der Waals surface area contributed by atoms with Gasteiger partial charge in [0.05, 0.1) is 29.5 Å². The van der Waals surface area contributed by atoms with Crippen LogP contribution in [0.2, 0.25) is 10.0 Å². The van der Waals surface area contributed by atoms with Crippen molar-refractivity contribution in [1.29, 1.82) is 0 Å². The Labute approximate surface area is 232 Å². The summed E-state index contributed by atoms with van der Waals surface area (Å²) in [6, 6.07) is 7.05. The fraction of sp³-hybridized carbons (Fsp3) is 0.160. The quantitative estimate of drug-likeness (QED) is 0.200. The van der Waals surface area contributed by atoms with E-state index >= 15 is 0 Å². The average molecular weight is 605 g/mol. The molecular weight excluding hydrogens is 589 g/mol. The summed E-state index contributed by atoms with van der Waals surface area (Å²) < 4.78 is 79.1. The van der Waals surface area contributed by atoms with Crippen LogP contribution < -0.4 is 0 Å². The summed E-state index contributed by atoms with van der Waals surface area (Å²) in [6.07, 6.45) is -4.31. The number of pyridine rings is 4. The summed E-state index contributed by atoms with van der Waals surface area (Å²) in [5.41, 5.74) is -0.0320. The van der Waals surface area contributed by atoms with Crippen molar-refractivity contribution in [2.45, 2.75) is 19.0 Å². The van der Waals surface area contributed by atoms with Crippen LogP contribution in [0.1, 0.15) is 27.6 Å². The Morgan fingerprint density at radius 3 is 1.65 bits per heavy atom. The number of carbonyl (C=O) groups is 1. The van der Waals surface area contributed by atoms with E-state index in [0.29, 0.717) is 27.9 Å². The van der Waals surface area contributed by atoms with Crippen molar-refractivity contribution < 1.29 is 41.0 Å². The molecule has 4 aromatic heterocycles. The Bertz CT molecular complexity index is 1480. The van der Waals surface area contributed by atoms with E-state index in [-0.39, 0.29) is 22.3 Å². The van der Waals surface area contributed by atoms with Gasteiger partial charge in [-0.1, -0.05) is 35.3 Å². The van der Waals surface area contributed by atoms with Gasteiger partial charge < -0.3 is 9.84 Å². The molecule has 0 aliphatic rings. The van der Waals surface area contributed by atoms with Gasteiger partial charge in [0.25, 0.3) is 0 Å². The lowest BCUT2D eigenvalue weighted by Crippen LogP contribution is -2.07. The molecule has 40 heavy (non-hydrogen) atoms. The Hall–Kier alpha value is -3.81. The summed E-state index contributed by atoms with van der Waals surface area (Å²) >= 11 is 11.9. The lowest BCUT2D eigenvalue weighted by Gasteiger charge is -2.08. The minimum atomic E-state index is -4.52. The summed E-state index contributed by atoms with van der Waals surface area (Å²) in [5.74, 6) is -0.673. The number of aliphatic hydroxyl groups is 1. The molecule has 7 nitrogen and oxygen atoms in total. The van der Waals surface area contributed by atoms with Crippen molar-refractivity contribution in [3.05, 3.63) is 94.0 Å². The van der Waals surface area contributed by atoms with Gasteiger partial charge >= 0.3 is 18.3 Å². The highest BCUT2D eigenvalue weighted by Gasteiger charge is 2.33. The molecule has 1 N–H and O–H groups in total. The second-order valence-corrected chi connectivity index (χ2v) is 8.53. The molecule has 0 saturated carbocycles. The maximum absolute atomic E-state index is 12.5. The smallest absolute Gasteiger partial charge is 0.433 e. The van der Waals surface area contributed by atoms with Gasteiger partial charge in [-0.3, -0.25) is 15.0 Å². The molecule has 0 aliphatic carbocycles. The van der Waals surface area contributed by atoms with E-state index in [1.165, 1.54) is 43.8 Å². The first kappa shape index (κ1) is 30.7. The molecule has 210 valence electrons. The highest BCUT2D eigenvalue weighted by Crippen LogP contribution is 2.33. The Balaban J connectivity index is 0.000000222. The first-order valence-corrected chi connectivity index (χ1v) is 11.6. The minimum absolute atomic E-state index is 0.00296. The third-order valence-corrected chi connectivity index (χ3v) is 5.66. The highest BCUT2D eigenvalue weighted by atomic mass is 35.5. The van der Waals surface area contributed by atoms with Crippen LogP contribution in [-0.2, 0) is 23.7 Å². The largest absolute Gasteiger partial charge is 0.464 e. The zero-order valence-electron chi connectivity index (χ0n) is 20.1. The molecule has 0 spiro atoms. The Morgan fingerprint density at radius 2 is 1.25 bits per heavy atom. The Kier molecular flexibility index (Phi) is 9.66. The number of alkyl halides is 6. The molecule has 4 heterocycles. The van der Waals surface area contributed by atoms with Crippen molar-refractivity contribution >= 4 is 29.2 Å².